The summed E-state index contributed by atoms with van der Waals surface area (Å²) in [6.07, 6.45) is 0. The van der Waals surface area contributed by atoms with Crippen molar-refractivity contribution in [2.75, 3.05) is 0 Å². The van der Waals surface area contributed by atoms with E-state index in [1.807, 2.05) is 24.3 Å². The topological polar surface area (TPSA) is 73.4 Å². The van der Waals surface area contributed by atoms with E-state index in [2.05, 4.69) is 4.99 Å². The largest absolute Gasteiger partial charge is 0.332 e. The zero-order valence-electron chi connectivity index (χ0n) is 15.7. The molecule has 1 aliphatic heterocycles. The lowest BCUT2D eigenvalue weighted by Gasteiger charge is -2.30. The first-order valence-corrected chi connectivity index (χ1v) is 9.56. The third-order valence-electron chi connectivity index (χ3n) is 5.82. The summed E-state index contributed by atoms with van der Waals surface area (Å²) < 4.78 is 2.41. The molecular formula is C22H16ClN3O3. The Morgan fingerprint density at radius 1 is 0.862 bits per heavy atom. The molecule has 0 spiro atoms. The molecule has 2 aromatic carbocycles. The smallest absolute Gasteiger partial charge is 0.293 e. The lowest BCUT2D eigenvalue weighted by molar-refractivity contribution is 0.0953. The Labute approximate surface area is 170 Å². The van der Waals surface area contributed by atoms with Crippen LogP contribution < -0.4 is 11.2 Å². The predicted octanol–water partition coefficient (Wildman–Crippen LogP) is 2.82. The lowest BCUT2D eigenvalue weighted by atomic mass is 9.76. The predicted molar refractivity (Wildman–Crippen MR) is 111 cm³/mol. The highest BCUT2D eigenvalue weighted by atomic mass is 35.5. The average molecular weight is 406 g/mol. The highest BCUT2D eigenvalue weighted by Crippen LogP contribution is 2.47. The van der Waals surface area contributed by atoms with Gasteiger partial charge in [0.25, 0.3) is 5.56 Å². The zero-order chi connectivity index (χ0) is 20.4. The van der Waals surface area contributed by atoms with Crippen molar-refractivity contribution < 1.29 is 4.79 Å². The molecule has 2 atom stereocenters. The van der Waals surface area contributed by atoms with E-state index in [0.717, 1.165) is 10.1 Å². The van der Waals surface area contributed by atoms with Crippen molar-refractivity contribution in [1.82, 2.24) is 9.13 Å². The second-order valence-corrected chi connectivity index (χ2v) is 7.73. The maximum absolute atomic E-state index is 13.4. The number of aromatic nitrogens is 2. The number of halogens is 1. The quantitative estimate of drug-likeness (QED) is 0.625. The van der Waals surface area contributed by atoms with E-state index in [4.69, 9.17) is 11.6 Å². The maximum Gasteiger partial charge on any atom is 0.332 e. The van der Waals surface area contributed by atoms with Crippen LogP contribution in [0.2, 0.25) is 5.02 Å². The molecule has 1 aliphatic carbocycles. The van der Waals surface area contributed by atoms with Crippen molar-refractivity contribution in [2.45, 2.75) is 5.92 Å². The standard InChI is InChI=1S/C22H16ClN3O3/c1-25-20-17(21(28)26(2)22(25)29)15(13-9-5-6-10-14(13)23)16-18(24-20)11-7-3-4-8-12(11)19(16)27/h3-10,15-16H,1-2H3/t15-,16-/m0/s1. The summed E-state index contributed by atoms with van der Waals surface area (Å²) in [6.45, 7) is 0. The minimum absolute atomic E-state index is 0.0918. The second kappa shape index (κ2) is 6.12. The number of hydrogen-bond acceptors (Lipinski definition) is 4. The molecule has 0 amide bonds. The number of aliphatic imine (C=N–C) groups is 1. The number of hydrogen-bond donors (Lipinski definition) is 0. The van der Waals surface area contributed by atoms with Crippen molar-refractivity contribution in [3.63, 3.8) is 0 Å². The van der Waals surface area contributed by atoms with E-state index < -0.39 is 23.1 Å². The summed E-state index contributed by atoms with van der Waals surface area (Å²) in [4.78, 5) is 43.8. The van der Waals surface area contributed by atoms with Crippen molar-refractivity contribution in [1.29, 1.82) is 0 Å². The average Bonchev–Trinajstić information content (AvgIpc) is 3.02. The van der Waals surface area contributed by atoms with Gasteiger partial charge in [0.05, 0.1) is 17.2 Å². The number of carbonyl (C=O) groups excluding carboxylic acids is 1. The highest BCUT2D eigenvalue weighted by Gasteiger charge is 2.48. The van der Waals surface area contributed by atoms with Crippen molar-refractivity contribution in [3.8, 4) is 0 Å². The van der Waals surface area contributed by atoms with Crippen LogP contribution in [0.5, 0.6) is 0 Å². The van der Waals surface area contributed by atoms with Gasteiger partial charge < -0.3 is 0 Å². The van der Waals surface area contributed by atoms with E-state index in [1.165, 1.54) is 11.6 Å². The monoisotopic (exact) mass is 405 g/mol. The molecule has 6 nitrogen and oxygen atoms in total. The SMILES string of the molecule is Cn1c2c(c(=O)n(C)c1=O)[C@@H](c1ccccc1Cl)[C@@H]1C(=O)c3ccccc3C1=N2. The van der Waals surface area contributed by atoms with Crippen LogP contribution in [0.3, 0.4) is 0 Å². The third kappa shape index (κ3) is 2.29. The molecular weight excluding hydrogens is 390 g/mol. The zero-order valence-corrected chi connectivity index (χ0v) is 16.5. The summed E-state index contributed by atoms with van der Waals surface area (Å²) in [5.74, 6) is -1.11. The van der Waals surface area contributed by atoms with Gasteiger partial charge in [-0.2, -0.15) is 0 Å². The number of ketones is 1. The minimum atomic E-state index is -0.662. The van der Waals surface area contributed by atoms with E-state index in [1.54, 1.807) is 31.3 Å². The molecule has 0 saturated heterocycles. The first-order chi connectivity index (χ1) is 13.9. The van der Waals surface area contributed by atoms with Crippen LogP contribution >= 0.6 is 11.6 Å². The van der Waals surface area contributed by atoms with Crippen LogP contribution in [0.1, 0.15) is 33.0 Å². The molecule has 2 heterocycles. The van der Waals surface area contributed by atoms with Crippen LogP contribution in [0.4, 0.5) is 5.82 Å². The molecule has 0 fully saturated rings. The van der Waals surface area contributed by atoms with Crippen LogP contribution in [0, 0.1) is 5.92 Å². The summed E-state index contributed by atoms with van der Waals surface area (Å²) >= 11 is 6.51. The van der Waals surface area contributed by atoms with Gasteiger partial charge in [-0.15, -0.1) is 0 Å². The number of benzene rings is 2. The Morgan fingerprint density at radius 3 is 2.24 bits per heavy atom. The summed E-state index contributed by atoms with van der Waals surface area (Å²) in [5, 5.41) is 0.462. The van der Waals surface area contributed by atoms with Gasteiger partial charge in [-0.3, -0.25) is 18.7 Å². The van der Waals surface area contributed by atoms with Gasteiger partial charge in [-0.25, -0.2) is 9.79 Å². The molecule has 1 aromatic heterocycles. The Hall–Kier alpha value is -3.25. The molecule has 2 aliphatic rings. The van der Waals surface area contributed by atoms with Crippen LogP contribution in [0.15, 0.2) is 63.1 Å². The number of nitrogens with zero attached hydrogens (tertiary/aromatic N) is 3. The number of rotatable bonds is 1. The van der Waals surface area contributed by atoms with Crippen molar-refractivity contribution in [2.24, 2.45) is 25.0 Å². The van der Waals surface area contributed by atoms with E-state index in [0.29, 0.717) is 27.4 Å². The molecule has 0 N–H and O–H groups in total. The molecule has 144 valence electrons. The lowest BCUT2D eigenvalue weighted by Crippen LogP contribution is -2.43. The van der Waals surface area contributed by atoms with Gasteiger partial charge in [0, 0.05) is 36.2 Å². The maximum atomic E-state index is 13.4. The highest BCUT2D eigenvalue weighted by molar-refractivity contribution is 6.32. The molecule has 0 saturated carbocycles. The number of fused-ring (bicyclic) bond motifs is 4. The number of carbonyl (C=O) groups is 1. The molecule has 5 rings (SSSR count). The molecule has 0 radical (unpaired) electrons. The van der Waals surface area contributed by atoms with Crippen molar-refractivity contribution in [3.05, 3.63) is 96.6 Å². The Bertz CT molecular complexity index is 1370. The van der Waals surface area contributed by atoms with E-state index in [9.17, 15) is 14.4 Å². The first-order valence-electron chi connectivity index (χ1n) is 9.18. The molecule has 0 unspecified atom stereocenters. The summed E-state index contributed by atoms with van der Waals surface area (Å²) in [6, 6.07) is 14.5. The Balaban J connectivity index is 1.94. The van der Waals surface area contributed by atoms with Crippen LogP contribution in [-0.4, -0.2) is 20.6 Å². The van der Waals surface area contributed by atoms with Gasteiger partial charge in [0.2, 0.25) is 0 Å². The van der Waals surface area contributed by atoms with Crippen LogP contribution in [0.25, 0.3) is 0 Å². The summed E-state index contributed by atoms with van der Waals surface area (Å²) in [7, 11) is 3.01. The van der Waals surface area contributed by atoms with E-state index in [-0.39, 0.29) is 11.6 Å². The Kier molecular flexibility index (Phi) is 3.76. The molecule has 29 heavy (non-hydrogen) atoms. The van der Waals surface area contributed by atoms with Crippen molar-refractivity contribution >= 4 is 28.9 Å². The molecule has 3 aromatic rings. The van der Waals surface area contributed by atoms with Gasteiger partial charge in [0.15, 0.2) is 5.78 Å². The third-order valence-corrected chi connectivity index (χ3v) is 6.17. The van der Waals surface area contributed by atoms with E-state index >= 15 is 0 Å². The van der Waals surface area contributed by atoms with Gasteiger partial charge in [-0.05, 0) is 11.6 Å². The fourth-order valence-electron chi connectivity index (χ4n) is 4.43. The normalized spacial score (nSPS) is 19.4. The minimum Gasteiger partial charge on any atom is -0.293 e. The fourth-order valence-corrected chi connectivity index (χ4v) is 4.68. The molecule has 0 bridgehead atoms. The summed E-state index contributed by atoms with van der Waals surface area (Å²) in [5.41, 5.74) is 1.95. The first kappa shape index (κ1) is 17.8. The fraction of sp³-hybridized carbons (Fsp3) is 0.182. The van der Waals surface area contributed by atoms with Gasteiger partial charge in [-0.1, -0.05) is 54.1 Å². The van der Waals surface area contributed by atoms with Gasteiger partial charge >= 0.3 is 5.69 Å². The molecule has 7 heteroatoms. The van der Waals surface area contributed by atoms with Gasteiger partial charge in [0.1, 0.15) is 5.82 Å². The number of Topliss-reactive ketones (excluding diaryl/α,β-unsaturated/α-hetero) is 1. The Morgan fingerprint density at radius 2 is 1.52 bits per heavy atom. The second-order valence-electron chi connectivity index (χ2n) is 7.33. The van der Waals surface area contributed by atoms with Crippen LogP contribution in [-0.2, 0) is 14.1 Å².